The molecule has 0 saturated carbocycles. The molecule has 9 heteroatoms. The van der Waals surface area contributed by atoms with E-state index in [2.05, 4.69) is 41.8 Å². The van der Waals surface area contributed by atoms with Crippen molar-refractivity contribution in [2.24, 2.45) is 4.99 Å². The molecule has 1 aromatic rings. The molecule has 1 aliphatic heterocycles. The predicted molar refractivity (Wildman–Crippen MR) is 123 cm³/mol. The summed E-state index contributed by atoms with van der Waals surface area (Å²) in [5.74, 6) is 0.701. The number of nitrogens with one attached hydrogen (secondary N) is 3. The molecule has 0 atom stereocenters. The second kappa shape index (κ2) is 14.1. The molecule has 152 valence electrons. The van der Waals surface area contributed by atoms with Crippen LogP contribution >= 0.6 is 39.9 Å². The SMILES string of the molecule is CCNC(=NCCN1CCOCC1)NCCNC(=O)c1ccc(Br)cc1.I. The Morgan fingerprint density at radius 1 is 1.15 bits per heavy atom. The number of rotatable bonds is 8. The van der Waals surface area contributed by atoms with E-state index in [4.69, 9.17) is 4.74 Å². The highest BCUT2D eigenvalue weighted by molar-refractivity contribution is 14.0. The summed E-state index contributed by atoms with van der Waals surface area (Å²) in [4.78, 5) is 19.0. The van der Waals surface area contributed by atoms with Crippen molar-refractivity contribution in [3.8, 4) is 0 Å². The van der Waals surface area contributed by atoms with Crippen LogP contribution in [0.2, 0.25) is 0 Å². The smallest absolute Gasteiger partial charge is 0.251 e. The Morgan fingerprint density at radius 3 is 2.48 bits per heavy atom. The minimum absolute atomic E-state index is 0. The number of guanidine groups is 1. The Kier molecular flexibility index (Phi) is 12.6. The number of aliphatic imine (C=N–C) groups is 1. The standard InChI is InChI=1S/C18H28BrN5O2.HI/c1-2-20-18(23-9-10-24-11-13-26-14-12-24)22-8-7-21-17(25)15-3-5-16(19)6-4-15;/h3-6H,2,7-14H2,1H3,(H,21,25)(H2,20,22,23);1H. The molecule has 0 spiro atoms. The van der Waals surface area contributed by atoms with Crippen LogP contribution in [0.1, 0.15) is 17.3 Å². The molecule has 27 heavy (non-hydrogen) atoms. The number of halogens is 2. The second-order valence-electron chi connectivity index (χ2n) is 5.90. The molecule has 1 aliphatic rings. The van der Waals surface area contributed by atoms with E-state index in [-0.39, 0.29) is 29.9 Å². The van der Waals surface area contributed by atoms with Gasteiger partial charge in [0.15, 0.2) is 5.96 Å². The van der Waals surface area contributed by atoms with Crippen LogP contribution in [-0.2, 0) is 4.74 Å². The number of amides is 1. The molecule has 1 aromatic carbocycles. The maximum Gasteiger partial charge on any atom is 0.251 e. The van der Waals surface area contributed by atoms with Gasteiger partial charge in [0, 0.05) is 49.3 Å². The van der Waals surface area contributed by atoms with Gasteiger partial charge in [-0.2, -0.15) is 0 Å². The van der Waals surface area contributed by atoms with Crippen LogP contribution in [-0.4, -0.2) is 75.8 Å². The van der Waals surface area contributed by atoms with E-state index in [1.807, 2.05) is 19.1 Å². The number of benzene rings is 1. The Hall–Kier alpha value is -0.910. The van der Waals surface area contributed by atoms with Crippen LogP contribution in [0.15, 0.2) is 33.7 Å². The molecule has 2 rings (SSSR count). The molecule has 1 saturated heterocycles. The Labute approximate surface area is 186 Å². The van der Waals surface area contributed by atoms with Crippen molar-refractivity contribution in [2.45, 2.75) is 6.92 Å². The van der Waals surface area contributed by atoms with Crippen LogP contribution in [0.3, 0.4) is 0 Å². The van der Waals surface area contributed by atoms with Gasteiger partial charge in [-0.25, -0.2) is 0 Å². The van der Waals surface area contributed by atoms with E-state index in [1.165, 1.54) is 0 Å². The summed E-state index contributed by atoms with van der Waals surface area (Å²) in [6.45, 7) is 9.21. The molecule has 0 unspecified atom stereocenters. The molecule has 1 fully saturated rings. The van der Waals surface area contributed by atoms with Crippen molar-refractivity contribution in [1.82, 2.24) is 20.9 Å². The van der Waals surface area contributed by atoms with Crippen LogP contribution in [0.4, 0.5) is 0 Å². The topological polar surface area (TPSA) is 78.0 Å². The molecule has 0 aliphatic carbocycles. The monoisotopic (exact) mass is 553 g/mol. The Morgan fingerprint density at radius 2 is 1.81 bits per heavy atom. The summed E-state index contributed by atoms with van der Waals surface area (Å²) in [6, 6.07) is 7.31. The van der Waals surface area contributed by atoms with Crippen molar-refractivity contribution in [3.05, 3.63) is 34.3 Å². The van der Waals surface area contributed by atoms with E-state index >= 15 is 0 Å². The third-order valence-electron chi connectivity index (χ3n) is 3.94. The molecule has 3 N–H and O–H groups in total. The summed E-state index contributed by atoms with van der Waals surface area (Å²) in [7, 11) is 0. The number of carbonyl (C=O) groups is 1. The van der Waals surface area contributed by atoms with E-state index in [1.54, 1.807) is 12.1 Å². The number of nitrogens with zero attached hydrogens (tertiary/aromatic N) is 2. The van der Waals surface area contributed by atoms with Crippen molar-refractivity contribution in [1.29, 1.82) is 0 Å². The van der Waals surface area contributed by atoms with Gasteiger partial charge in [0.2, 0.25) is 0 Å². The van der Waals surface area contributed by atoms with Crippen LogP contribution < -0.4 is 16.0 Å². The highest BCUT2D eigenvalue weighted by Gasteiger charge is 2.09. The van der Waals surface area contributed by atoms with E-state index in [0.29, 0.717) is 18.7 Å². The molecular weight excluding hydrogens is 525 g/mol. The van der Waals surface area contributed by atoms with Gasteiger partial charge in [-0.15, -0.1) is 24.0 Å². The van der Waals surface area contributed by atoms with Gasteiger partial charge in [-0.05, 0) is 31.2 Å². The zero-order valence-corrected chi connectivity index (χ0v) is 19.6. The number of hydrogen-bond acceptors (Lipinski definition) is 4. The average Bonchev–Trinajstić information content (AvgIpc) is 2.66. The van der Waals surface area contributed by atoms with Gasteiger partial charge in [-0.3, -0.25) is 14.7 Å². The third kappa shape index (κ3) is 9.72. The van der Waals surface area contributed by atoms with Gasteiger partial charge in [-0.1, -0.05) is 15.9 Å². The van der Waals surface area contributed by atoms with E-state index in [0.717, 1.165) is 56.4 Å². The first-order chi connectivity index (χ1) is 12.7. The minimum Gasteiger partial charge on any atom is -0.379 e. The molecule has 1 amide bonds. The molecule has 0 aromatic heterocycles. The molecule has 0 radical (unpaired) electrons. The van der Waals surface area contributed by atoms with Crippen LogP contribution in [0.25, 0.3) is 0 Å². The largest absolute Gasteiger partial charge is 0.379 e. The van der Waals surface area contributed by atoms with Crippen LogP contribution in [0, 0.1) is 0 Å². The Balaban J connectivity index is 0.00000364. The second-order valence-corrected chi connectivity index (χ2v) is 6.82. The van der Waals surface area contributed by atoms with Crippen molar-refractivity contribution in [3.63, 3.8) is 0 Å². The molecule has 7 nitrogen and oxygen atoms in total. The lowest BCUT2D eigenvalue weighted by Crippen LogP contribution is -2.42. The fraction of sp³-hybridized carbons (Fsp3) is 0.556. The highest BCUT2D eigenvalue weighted by Crippen LogP contribution is 2.10. The summed E-state index contributed by atoms with van der Waals surface area (Å²) in [5.41, 5.74) is 0.652. The normalized spacial score (nSPS) is 15.0. The summed E-state index contributed by atoms with van der Waals surface area (Å²) < 4.78 is 6.31. The number of morpholine rings is 1. The van der Waals surface area contributed by atoms with Crippen molar-refractivity contribution in [2.75, 3.05) is 59.0 Å². The zero-order chi connectivity index (χ0) is 18.6. The number of ether oxygens (including phenoxy) is 1. The van der Waals surface area contributed by atoms with Crippen molar-refractivity contribution < 1.29 is 9.53 Å². The van der Waals surface area contributed by atoms with Gasteiger partial charge in [0.25, 0.3) is 5.91 Å². The van der Waals surface area contributed by atoms with E-state index in [9.17, 15) is 4.79 Å². The molecule has 0 bridgehead atoms. The maximum atomic E-state index is 12.1. The third-order valence-corrected chi connectivity index (χ3v) is 4.47. The Bertz CT molecular complexity index is 580. The van der Waals surface area contributed by atoms with Crippen molar-refractivity contribution >= 4 is 51.8 Å². The lowest BCUT2D eigenvalue weighted by atomic mass is 10.2. The number of carbonyl (C=O) groups excluding carboxylic acids is 1. The first kappa shape index (κ1) is 24.1. The quantitative estimate of drug-likeness (QED) is 0.198. The fourth-order valence-electron chi connectivity index (χ4n) is 2.53. The number of hydrogen-bond donors (Lipinski definition) is 3. The molecule has 1 heterocycles. The molecular formula is C18H29BrIN5O2. The zero-order valence-electron chi connectivity index (χ0n) is 15.7. The van der Waals surface area contributed by atoms with Gasteiger partial charge >= 0.3 is 0 Å². The minimum atomic E-state index is -0.0754. The summed E-state index contributed by atoms with van der Waals surface area (Å²) in [5, 5.41) is 9.37. The van der Waals surface area contributed by atoms with Gasteiger partial charge in [0.05, 0.1) is 19.8 Å². The van der Waals surface area contributed by atoms with Crippen LogP contribution in [0.5, 0.6) is 0 Å². The highest BCUT2D eigenvalue weighted by atomic mass is 127. The maximum absolute atomic E-state index is 12.1. The average molecular weight is 554 g/mol. The summed E-state index contributed by atoms with van der Waals surface area (Å²) in [6.07, 6.45) is 0. The first-order valence-corrected chi connectivity index (χ1v) is 9.84. The first-order valence-electron chi connectivity index (χ1n) is 9.05. The van der Waals surface area contributed by atoms with Gasteiger partial charge in [0.1, 0.15) is 0 Å². The lowest BCUT2D eigenvalue weighted by Gasteiger charge is -2.25. The lowest BCUT2D eigenvalue weighted by molar-refractivity contribution is 0.0394. The predicted octanol–water partition coefficient (Wildman–Crippen LogP) is 1.68. The van der Waals surface area contributed by atoms with Gasteiger partial charge < -0.3 is 20.7 Å². The summed E-state index contributed by atoms with van der Waals surface area (Å²) >= 11 is 3.36. The van der Waals surface area contributed by atoms with E-state index < -0.39 is 0 Å². The fourth-order valence-corrected chi connectivity index (χ4v) is 2.79.